The van der Waals surface area contributed by atoms with Gasteiger partial charge in [0.1, 0.15) is 4.90 Å². The average Bonchev–Trinajstić information content (AvgIpc) is 2.43. The molecule has 7 heteroatoms. The van der Waals surface area contributed by atoms with Gasteiger partial charge >= 0.3 is 0 Å². The van der Waals surface area contributed by atoms with Crippen LogP contribution in [0, 0.1) is 0 Å². The van der Waals surface area contributed by atoms with E-state index >= 15 is 0 Å². The van der Waals surface area contributed by atoms with Gasteiger partial charge < -0.3 is 0 Å². The highest BCUT2D eigenvalue weighted by Crippen LogP contribution is 2.24. The summed E-state index contributed by atoms with van der Waals surface area (Å²) in [5.41, 5.74) is 0.985. The van der Waals surface area contributed by atoms with E-state index in [2.05, 4.69) is 4.72 Å². The van der Waals surface area contributed by atoms with Crippen LogP contribution in [-0.2, 0) is 16.4 Å². The Bertz CT molecular complexity index is 730. The topological polar surface area (TPSA) is 46.2 Å². The Kier molecular flexibility index (Phi) is 5.52. The Hall–Kier alpha value is -0.780. The standard InChI is InChI=1S/C14H12Cl3NO2S/c15-11-3-1-10(2-4-11)7-8-18-21(19,20)14-9-12(16)5-6-13(14)17/h1-6,9,18H,7-8H2. The fraction of sp³-hybridized carbons (Fsp3) is 0.143. The van der Waals surface area contributed by atoms with Crippen molar-refractivity contribution in [2.45, 2.75) is 11.3 Å². The van der Waals surface area contributed by atoms with E-state index in [0.29, 0.717) is 16.5 Å². The molecule has 0 radical (unpaired) electrons. The fourth-order valence-corrected chi connectivity index (χ4v) is 3.66. The quantitative estimate of drug-likeness (QED) is 0.865. The first kappa shape index (κ1) is 16.6. The zero-order chi connectivity index (χ0) is 15.5. The Morgan fingerprint density at radius 2 is 1.52 bits per heavy atom. The largest absolute Gasteiger partial charge is 0.242 e. The monoisotopic (exact) mass is 363 g/mol. The van der Waals surface area contributed by atoms with Gasteiger partial charge in [0.15, 0.2) is 0 Å². The van der Waals surface area contributed by atoms with E-state index in [1.807, 2.05) is 12.1 Å². The molecule has 0 amide bonds. The van der Waals surface area contributed by atoms with Crippen molar-refractivity contribution in [1.29, 1.82) is 0 Å². The molecule has 0 saturated heterocycles. The third kappa shape index (κ3) is 4.59. The number of hydrogen-bond acceptors (Lipinski definition) is 2. The SMILES string of the molecule is O=S(=O)(NCCc1ccc(Cl)cc1)c1cc(Cl)ccc1Cl. The minimum absolute atomic E-state index is 0.0206. The molecule has 112 valence electrons. The molecular formula is C14H12Cl3NO2S. The van der Waals surface area contributed by atoms with E-state index in [1.165, 1.54) is 18.2 Å². The molecule has 0 atom stereocenters. The number of sulfonamides is 1. The summed E-state index contributed by atoms with van der Waals surface area (Å²) >= 11 is 17.5. The summed E-state index contributed by atoms with van der Waals surface area (Å²) in [6.07, 6.45) is 0.550. The lowest BCUT2D eigenvalue weighted by Crippen LogP contribution is -2.26. The maximum atomic E-state index is 12.2. The van der Waals surface area contributed by atoms with Crippen LogP contribution in [0.25, 0.3) is 0 Å². The lowest BCUT2D eigenvalue weighted by atomic mass is 10.2. The number of benzene rings is 2. The maximum Gasteiger partial charge on any atom is 0.242 e. The highest BCUT2D eigenvalue weighted by molar-refractivity contribution is 7.89. The molecule has 0 bridgehead atoms. The van der Waals surface area contributed by atoms with Crippen LogP contribution in [0.2, 0.25) is 15.1 Å². The van der Waals surface area contributed by atoms with Crippen LogP contribution in [0.3, 0.4) is 0 Å². The van der Waals surface area contributed by atoms with Gasteiger partial charge in [-0.1, -0.05) is 46.9 Å². The molecule has 2 aromatic rings. The Morgan fingerprint density at radius 1 is 0.905 bits per heavy atom. The van der Waals surface area contributed by atoms with Gasteiger partial charge in [-0.05, 0) is 42.3 Å². The van der Waals surface area contributed by atoms with E-state index in [4.69, 9.17) is 34.8 Å². The highest BCUT2D eigenvalue weighted by atomic mass is 35.5. The molecular weight excluding hydrogens is 353 g/mol. The predicted molar refractivity (Wildman–Crippen MR) is 86.8 cm³/mol. The first-order valence-electron chi connectivity index (χ1n) is 6.08. The van der Waals surface area contributed by atoms with Crippen LogP contribution in [0.4, 0.5) is 0 Å². The molecule has 0 aromatic heterocycles. The molecule has 2 aromatic carbocycles. The second kappa shape index (κ2) is 6.99. The van der Waals surface area contributed by atoms with Crippen LogP contribution < -0.4 is 4.72 Å². The number of halogens is 3. The smallest absolute Gasteiger partial charge is 0.211 e. The lowest BCUT2D eigenvalue weighted by molar-refractivity contribution is 0.581. The minimum Gasteiger partial charge on any atom is -0.211 e. The van der Waals surface area contributed by atoms with Crippen LogP contribution in [0.1, 0.15) is 5.56 Å². The van der Waals surface area contributed by atoms with Gasteiger partial charge in [0.25, 0.3) is 0 Å². The maximum absolute atomic E-state index is 12.2. The third-order valence-corrected chi connectivity index (χ3v) is 5.23. The van der Waals surface area contributed by atoms with E-state index in [0.717, 1.165) is 5.56 Å². The van der Waals surface area contributed by atoms with Crippen LogP contribution in [-0.4, -0.2) is 15.0 Å². The molecule has 0 aliphatic rings. The summed E-state index contributed by atoms with van der Waals surface area (Å²) in [6, 6.07) is 11.5. The first-order valence-corrected chi connectivity index (χ1v) is 8.69. The van der Waals surface area contributed by atoms with Crippen molar-refractivity contribution >= 4 is 44.8 Å². The second-order valence-electron chi connectivity index (χ2n) is 4.35. The van der Waals surface area contributed by atoms with Crippen molar-refractivity contribution < 1.29 is 8.42 Å². The zero-order valence-electron chi connectivity index (χ0n) is 10.8. The summed E-state index contributed by atoms with van der Waals surface area (Å²) in [5.74, 6) is 0. The van der Waals surface area contributed by atoms with E-state index in [1.54, 1.807) is 12.1 Å². The minimum atomic E-state index is -3.68. The van der Waals surface area contributed by atoms with Gasteiger partial charge in [-0.2, -0.15) is 0 Å². The van der Waals surface area contributed by atoms with Crippen molar-refractivity contribution in [2.24, 2.45) is 0 Å². The summed E-state index contributed by atoms with van der Waals surface area (Å²) in [7, 11) is -3.68. The zero-order valence-corrected chi connectivity index (χ0v) is 13.9. The Balaban J connectivity index is 2.04. The van der Waals surface area contributed by atoms with Crippen LogP contribution in [0.15, 0.2) is 47.4 Å². The summed E-state index contributed by atoms with van der Waals surface area (Å²) < 4.78 is 26.9. The molecule has 0 aliphatic carbocycles. The molecule has 0 aliphatic heterocycles. The molecule has 3 nitrogen and oxygen atoms in total. The van der Waals surface area contributed by atoms with Crippen LogP contribution >= 0.6 is 34.8 Å². The van der Waals surface area contributed by atoms with Gasteiger partial charge in [-0.15, -0.1) is 0 Å². The Labute approximate surface area is 138 Å². The summed E-state index contributed by atoms with van der Waals surface area (Å²) in [5, 5.41) is 1.10. The van der Waals surface area contributed by atoms with Gasteiger partial charge in [-0.3, -0.25) is 0 Å². The van der Waals surface area contributed by atoms with Gasteiger partial charge in [0.2, 0.25) is 10.0 Å². The molecule has 0 unspecified atom stereocenters. The third-order valence-electron chi connectivity index (χ3n) is 2.80. The molecule has 0 fully saturated rings. The fourth-order valence-electron chi connectivity index (χ4n) is 1.74. The molecule has 2 rings (SSSR count). The molecule has 21 heavy (non-hydrogen) atoms. The van der Waals surface area contributed by atoms with Crippen LogP contribution in [0.5, 0.6) is 0 Å². The van der Waals surface area contributed by atoms with Crippen molar-refractivity contribution in [3.63, 3.8) is 0 Å². The van der Waals surface area contributed by atoms with E-state index in [9.17, 15) is 8.42 Å². The van der Waals surface area contributed by atoms with E-state index in [-0.39, 0.29) is 16.5 Å². The predicted octanol–water partition coefficient (Wildman–Crippen LogP) is 4.17. The molecule has 0 heterocycles. The number of nitrogens with one attached hydrogen (secondary N) is 1. The molecule has 0 spiro atoms. The lowest BCUT2D eigenvalue weighted by Gasteiger charge is -2.09. The van der Waals surface area contributed by atoms with Gasteiger partial charge in [-0.25, -0.2) is 13.1 Å². The Morgan fingerprint density at radius 3 is 2.19 bits per heavy atom. The van der Waals surface area contributed by atoms with Gasteiger partial charge in [0.05, 0.1) is 5.02 Å². The average molecular weight is 365 g/mol. The normalized spacial score (nSPS) is 11.6. The number of rotatable bonds is 5. The summed E-state index contributed by atoms with van der Waals surface area (Å²) in [6.45, 7) is 0.257. The molecule has 0 saturated carbocycles. The second-order valence-corrected chi connectivity index (χ2v) is 7.36. The van der Waals surface area contributed by atoms with Crippen molar-refractivity contribution in [1.82, 2.24) is 4.72 Å². The van der Waals surface area contributed by atoms with Crippen molar-refractivity contribution in [3.05, 3.63) is 63.1 Å². The summed E-state index contributed by atoms with van der Waals surface area (Å²) in [4.78, 5) is -0.0206. The first-order chi connectivity index (χ1) is 9.88. The highest BCUT2D eigenvalue weighted by Gasteiger charge is 2.17. The van der Waals surface area contributed by atoms with Gasteiger partial charge in [0, 0.05) is 16.6 Å². The van der Waals surface area contributed by atoms with Crippen molar-refractivity contribution in [2.75, 3.05) is 6.54 Å². The van der Waals surface area contributed by atoms with E-state index < -0.39 is 10.0 Å². The molecule has 1 N–H and O–H groups in total. The number of hydrogen-bond donors (Lipinski definition) is 1. The van der Waals surface area contributed by atoms with Crippen molar-refractivity contribution in [3.8, 4) is 0 Å².